The van der Waals surface area contributed by atoms with Gasteiger partial charge in [-0.1, -0.05) is 25.7 Å². The second kappa shape index (κ2) is 8.66. The van der Waals surface area contributed by atoms with E-state index in [1.807, 2.05) is 0 Å². The van der Waals surface area contributed by atoms with Gasteiger partial charge in [-0.05, 0) is 37.1 Å². The van der Waals surface area contributed by atoms with E-state index in [1.165, 1.54) is 31.4 Å². The highest BCUT2D eigenvalue weighted by atomic mass is 19.1. The summed E-state index contributed by atoms with van der Waals surface area (Å²) in [6.45, 7) is 0.161. The number of rotatable bonds is 6. The smallest absolute Gasteiger partial charge is 0.331 e. The summed E-state index contributed by atoms with van der Waals surface area (Å²) in [7, 11) is 1.35. The van der Waals surface area contributed by atoms with Crippen LogP contribution in [0.25, 0.3) is 0 Å². The third kappa shape index (κ3) is 4.94. The quantitative estimate of drug-likeness (QED) is 0.640. The lowest BCUT2D eigenvalue weighted by molar-refractivity contribution is -0.151. The molecule has 2 rings (SSSR count). The van der Waals surface area contributed by atoms with E-state index >= 15 is 0 Å². The summed E-state index contributed by atoms with van der Waals surface area (Å²) in [6.07, 6.45) is 5.22. The van der Waals surface area contributed by atoms with Crippen LogP contribution in [-0.2, 0) is 14.3 Å². The monoisotopic (exact) mass is 337 g/mol. The molecule has 1 aromatic rings. The van der Waals surface area contributed by atoms with Gasteiger partial charge in [0, 0.05) is 0 Å². The number of amides is 1. The summed E-state index contributed by atoms with van der Waals surface area (Å²) in [4.78, 5) is 24.4. The molecule has 1 amide bonds. The van der Waals surface area contributed by atoms with E-state index in [-0.39, 0.29) is 30.7 Å². The Bertz CT molecular complexity index is 551. The number of halogens is 1. The Morgan fingerprint density at radius 1 is 1.12 bits per heavy atom. The lowest BCUT2D eigenvalue weighted by Crippen LogP contribution is -2.55. The number of carbonyl (C=O) groups is 2. The number of carbonyl (C=O) groups excluding carboxylic acids is 2. The van der Waals surface area contributed by atoms with E-state index < -0.39 is 5.54 Å². The largest absolute Gasteiger partial charge is 0.493 e. The molecule has 0 heterocycles. The number of esters is 1. The number of hydrogen-bond acceptors (Lipinski definition) is 4. The second-order valence-electron chi connectivity index (χ2n) is 6.09. The molecule has 0 aliphatic heterocycles. The van der Waals surface area contributed by atoms with Crippen LogP contribution in [-0.4, -0.2) is 31.1 Å². The molecule has 5 nitrogen and oxygen atoms in total. The molecule has 0 radical (unpaired) electrons. The number of benzene rings is 1. The predicted octanol–water partition coefficient (Wildman–Crippen LogP) is 2.98. The van der Waals surface area contributed by atoms with Gasteiger partial charge in [0.15, 0.2) is 0 Å². The van der Waals surface area contributed by atoms with Crippen molar-refractivity contribution < 1.29 is 23.5 Å². The fraction of sp³-hybridized carbons (Fsp3) is 0.556. The molecule has 1 aliphatic carbocycles. The van der Waals surface area contributed by atoms with Crippen LogP contribution in [0.2, 0.25) is 0 Å². The standard InChI is InChI=1S/C18H24FNO4/c1-23-17(22)18(11-4-2-3-5-12-18)20-16(21)10-13-24-15-8-6-14(19)7-9-15/h6-9H,2-5,10-13H2,1H3,(H,20,21). The fourth-order valence-electron chi connectivity index (χ4n) is 3.03. The third-order valence-electron chi connectivity index (χ3n) is 4.32. The van der Waals surface area contributed by atoms with Gasteiger partial charge in [0.1, 0.15) is 17.1 Å². The molecule has 0 spiro atoms. The number of methoxy groups -OCH3 is 1. The average Bonchev–Trinajstić information content (AvgIpc) is 2.82. The molecule has 6 heteroatoms. The van der Waals surface area contributed by atoms with Gasteiger partial charge < -0.3 is 14.8 Å². The second-order valence-corrected chi connectivity index (χ2v) is 6.09. The molecule has 0 unspecified atom stereocenters. The van der Waals surface area contributed by atoms with E-state index in [0.717, 1.165) is 25.7 Å². The molecular formula is C18H24FNO4. The molecule has 0 atom stereocenters. The summed E-state index contributed by atoms with van der Waals surface area (Å²) in [5.74, 6) is -0.462. The fourth-order valence-corrected chi connectivity index (χ4v) is 3.03. The van der Waals surface area contributed by atoms with Crippen LogP contribution in [0, 0.1) is 5.82 Å². The van der Waals surface area contributed by atoms with Crippen LogP contribution in [0.3, 0.4) is 0 Å². The maximum absolute atomic E-state index is 12.8. The normalized spacial score (nSPS) is 16.8. The van der Waals surface area contributed by atoms with Crippen molar-refractivity contribution in [1.82, 2.24) is 5.32 Å². The zero-order valence-electron chi connectivity index (χ0n) is 14.0. The van der Waals surface area contributed by atoms with E-state index in [9.17, 15) is 14.0 Å². The number of hydrogen-bond donors (Lipinski definition) is 1. The minimum Gasteiger partial charge on any atom is -0.493 e. The SMILES string of the molecule is COC(=O)C1(NC(=O)CCOc2ccc(F)cc2)CCCCCC1. The minimum absolute atomic E-state index is 0.121. The van der Waals surface area contributed by atoms with Crippen molar-refractivity contribution in [2.75, 3.05) is 13.7 Å². The Labute approximate surface area is 141 Å². The van der Waals surface area contributed by atoms with Crippen molar-refractivity contribution in [3.63, 3.8) is 0 Å². The molecule has 1 aliphatic rings. The summed E-state index contributed by atoms with van der Waals surface area (Å²) >= 11 is 0. The first-order valence-corrected chi connectivity index (χ1v) is 8.33. The van der Waals surface area contributed by atoms with Crippen LogP contribution in [0.15, 0.2) is 24.3 Å². The van der Waals surface area contributed by atoms with Crippen molar-refractivity contribution in [1.29, 1.82) is 0 Å². The van der Waals surface area contributed by atoms with Gasteiger partial charge in [0.05, 0.1) is 20.1 Å². The Balaban J connectivity index is 1.88. The number of ether oxygens (including phenoxy) is 2. The first-order valence-electron chi connectivity index (χ1n) is 8.33. The van der Waals surface area contributed by atoms with Gasteiger partial charge in [0.2, 0.25) is 5.91 Å². The lowest BCUT2D eigenvalue weighted by atomic mass is 9.90. The molecule has 0 bridgehead atoms. The highest BCUT2D eigenvalue weighted by Gasteiger charge is 2.40. The predicted molar refractivity (Wildman–Crippen MR) is 87.1 cm³/mol. The van der Waals surface area contributed by atoms with E-state index in [2.05, 4.69) is 5.32 Å². The van der Waals surface area contributed by atoms with E-state index in [1.54, 1.807) is 0 Å². The molecule has 1 saturated carbocycles. The Morgan fingerprint density at radius 3 is 2.33 bits per heavy atom. The summed E-state index contributed by atoms with van der Waals surface area (Å²) in [5.41, 5.74) is -0.918. The number of nitrogens with one attached hydrogen (secondary N) is 1. The lowest BCUT2D eigenvalue weighted by Gasteiger charge is -2.30. The Kier molecular flexibility index (Phi) is 6.58. The third-order valence-corrected chi connectivity index (χ3v) is 4.32. The molecule has 1 N–H and O–H groups in total. The molecule has 0 aromatic heterocycles. The van der Waals surface area contributed by atoms with Crippen LogP contribution in [0.5, 0.6) is 5.75 Å². The minimum atomic E-state index is -0.918. The van der Waals surface area contributed by atoms with E-state index in [0.29, 0.717) is 18.6 Å². The highest BCUT2D eigenvalue weighted by molar-refractivity contribution is 5.88. The van der Waals surface area contributed by atoms with Crippen LogP contribution >= 0.6 is 0 Å². The van der Waals surface area contributed by atoms with Gasteiger partial charge >= 0.3 is 5.97 Å². The van der Waals surface area contributed by atoms with Crippen molar-refractivity contribution in [2.24, 2.45) is 0 Å². The first kappa shape index (κ1) is 18.2. The van der Waals surface area contributed by atoms with Gasteiger partial charge in [-0.25, -0.2) is 9.18 Å². The molecule has 0 saturated heterocycles. The van der Waals surface area contributed by atoms with Crippen LogP contribution in [0.4, 0.5) is 4.39 Å². The summed E-state index contributed by atoms with van der Waals surface area (Å²) in [6, 6.07) is 5.61. The van der Waals surface area contributed by atoms with Crippen molar-refractivity contribution in [2.45, 2.75) is 50.5 Å². The zero-order valence-corrected chi connectivity index (χ0v) is 14.0. The zero-order chi connectivity index (χ0) is 17.4. The Morgan fingerprint density at radius 2 is 1.75 bits per heavy atom. The van der Waals surface area contributed by atoms with Gasteiger partial charge in [-0.2, -0.15) is 0 Å². The maximum atomic E-state index is 12.8. The molecular weight excluding hydrogens is 313 g/mol. The van der Waals surface area contributed by atoms with Crippen molar-refractivity contribution >= 4 is 11.9 Å². The van der Waals surface area contributed by atoms with Crippen LogP contribution < -0.4 is 10.1 Å². The summed E-state index contributed by atoms with van der Waals surface area (Å²) in [5, 5.41) is 2.86. The molecule has 132 valence electrons. The highest BCUT2D eigenvalue weighted by Crippen LogP contribution is 2.28. The van der Waals surface area contributed by atoms with Crippen molar-refractivity contribution in [3.05, 3.63) is 30.1 Å². The van der Waals surface area contributed by atoms with Gasteiger partial charge in [0.25, 0.3) is 0 Å². The van der Waals surface area contributed by atoms with Gasteiger partial charge in [-0.3, -0.25) is 4.79 Å². The average molecular weight is 337 g/mol. The Hall–Kier alpha value is -2.11. The first-order chi connectivity index (χ1) is 11.6. The van der Waals surface area contributed by atoms with Crippen LogP contribution in [0.1, 0.15) is 44.9 Å². The maximum Gasteiger partial charge on any atom is 0.331 e. The topological polar surface area (TPSA) is 64.6 Å². The molecule has 24 heavy (non-hydrogen) atoms. The molecule has 1 aromatic carbocycles. The van der Waals surface area contributed by atoms with Crippen molar-refractivity contribution in [3.8, 4) is 5.75 Å². The molecule has 1 fully saturated rings. The summed E-state index contributed by atoms with van der Waals surface area (Å²) < 4.78 is 23.2. The van der Waals surface area contributed by atoms with E-state index in [4.69, 9.17) is 9.47 Å². The van der Waals surface area contributed by atoms with Gasteiger partial charge in [-0.15, -0.1) is 0 Å².